The van der Waals surface area contributed by atoms with Crippen molar-refractivity contribution in [2.24, 2.45) is 0 Å². The Hall–Kier alpha value is -2.82. The largest absolute Gasteiger partial charge is 0.483 e. The van der Waals surface area contributed by atoms with E-state index < -0.39 is 5.97 Å². The monoisotopic (exact) mass is 355 g/mol. The SMILES string of the molecule is CCC(C)c1ccccc1OCC(=O)NCC(=O)OCc1ccccc1. The number of nitrogens with one attached hydrogen (secondary N) is 1. The number of esters is 1. The van der Waals surface area contributed by atoms with Gasteiger partial charge in [0.05, 0.1) is 0 Å². The van der Waals surface area contributed by atoms with Crippen LogP contribution in [0.25, 0.3) is 0 Å². The van der Waals surface area contributed by atoms with E-state index in [0.717, 1.165) is 17.5 Å². The molecule has 2 aromatic carbocycles. The number of carbonyl (C=O) groups excluding carboxylic acids is 2. The summed E-state index contributed by atoms with van der Waals surface area (Å²) in [6.45, 7) is 4.09. The minimum Gasteiger partial charge on any atom is -0.483 e. The van der Waals surface area contributed by atoms with Gasteiger partial charge < -0.3 is 14.8 Å². The van der Waals surface area contributed by atoms with E-state index in [-0.39, 0.29) is 25.7 Å². The van der Waals surface area contributed by atoms with Gasteiger partial charge in [-0.2, -0.15) is 0 Å². The number of amides is 1. The molecule has 0 spiro atoms. The molecule has 0 aliphatic heterocycles. The van der Waals surface area contributed by atoms with Crippen LogP contribution in [0.3, 0.4) is 0 Å². The predicted octanol–water partition coefficient (Wildman–Crippen LogP) is 3.44. The third kappa shape index (κ3) is 6.24. The number of para-hydroxylation sites is 1. The first-order valence-electron chi connectivity index (χ1n) is 8.78. The topological polar surface area (TPSA) is 64.6 Å². The Balaban J connectivity index is 1.73. The fourth-order valence-electron chi connectivity index (χ4n) is 2.39. The molecule has 26 heavy (non-hydrogen) atoms. The van der Waals surface area contributed by atoms with E-state index in [2.05, 4.69) is 19.2 Å². The summed E-state index contributed by atoms with van der Waals surface area (Å²) in [6.07, 6.45) is 0.986. The van der Waals surface area contributed by atoms with Crippen LogP contribution < -0.4 is 10.1 Å². The Morgan fingerprint density at radius 1 is 1.04 bits per heavy atom. The van der Waals surface area contributed by atoms with Crippen LogP contribution in [0.5, 0.6) is 5.75 Å². The first-order chi connectivity index (χ1) is 12.6. The van der Waals surface area contributed by atoms with E-state index in [0.29, 0.717) is 11.7 Å². The molecular formula is C21H25NO4. The highest BCUT2D eigenvalue weighted by molar-refractivity contribution is 5.82. The summed E-state index contributed by atoms with van der Waals surface area (Å²) < 4.78 is 10.7. The highest BCUT2D eigenvalue weighted by Gasteiger charge is 2.12. The molecule has 1 N–H and O–H groups in total. The fraction of sp³-hybridized carbons (Fsp3) is 0.333. The van der Waals surface area contributed by atoms with E-state index >= 15 is 0 Å². The van der Waals surface area contributed by atoms with Crippen molar-refractivity contribution in [1.29, 1.82) is 0 Å². The van der Waals surface area contributed by atoms with E-state index in [9.17, 15) is 9.59 Å². The first kappa shape index (κ1) is 19.5. The molecule has 0 fully saturated rings. The maximum absolute atomic E-state index is 11.9. The maximum Gasteiger partial charge on any atom is 0.325 e. The molecule has 0 heterocycles. The average molecular weight is 355 g/mol. The number of hydrogen-bond donors (Lipinski definition) is 1. The fourth-order valence-corrected chi connectivity index (χ4v) is 2.39. The molecule has 0 saturated heterocycles. The molecule has 1 amide bonds. The summed E-state index contributed by atoms with van der Waals surface area (Å²) in [5.74, 6) is 0.203. The van der Waals surface area contributed by atoms with Crippen LogP contribution in [0.15, 0.2) is 54.6 Å². The molecule has 2 aromatic rings. The van der Waals surface area contributed by atoms with Crippen LogP contribution in [-0.4, -0.2) is 25.0 Å². The first-order valence-corrected chi connectivity index (χ1v) is 8.78. The van der Waals surface area contributed by atoms with Crippen molar-refractivity contribution >= 4 is 11.9 Å². The molecule has 0 aliphatic rings. The van der Waals surface area contributed by atoms with E-state index in [1.807, 2.05) is 54.6 Å². The van der Waals surface area contributed by atoms with Crippen molar-refractivity contribution in [2.75, 3.05) is 13.2 Å². The minimum atomic E-state index is -0.484. The zero-order valence-corrected chi connectivity index (χ0v) is 15.2. The van der Waals surface area contributed by atoms with Crippen LogP contribution in [0.1, 0.15) is 37.3 Å². The van der Waals surface area contributed by atoms with Gasteiger partial charge >= 0.3 is 5.97 Å². The third-order valence-electron chi connectivity index (χ3n) is 4.09. The molecule has 5 heteroatoms. The molecule has 1 unspecified atom stereocenters. The molecule has 2 rings (SSSR count). The summed E-state index contributed by atoms with van der Waals surface area (Å²) in [5, 5.41) is 2.51. The summed E-state index contributed by atoms with van der Waals surface area (Å²) >= 11 is 0. The molecule has 0 bridgehead atoms. The molecule has 0 radical (unpaired) electrons. The summed E-state index contributed by atoms with van der Waals surface area (Å²) in [6, 6.07) is 17.1. The lowest BCUT2D eigenvalue weighted by Crippen LogP contribution is -2.34. The van der Waals surface area contributed by atoms with Gasteiger partial charge in [0.15, 0.2) is 6.61 Å². The zero-order chi connectivity index (χ0) is 18.8. The van der Waals surface area contributed by atoms with Gasteiger partial charge in [0.2, 0.25) is 0 Å². The smallest absolute Gasteiger partial charge is 0.325 e. The summed E-state index contributed by atoms with van der Waals surface area (Å²) in [4.78, 5) is 23.6. The standard InChI is InChI=1S/C21H25NO4/c1-3-16(2)18-11-7-8-12-19(18)25-15-20(23)22-13-21(24)26-14-17-9-5-4-6-10-17/h4-12,16H,3,13-15H2,1-2H3,(H,22,23). The van der Waals surface area contributed by atoms with Crippen LogP contribution in [0.4, 0.5) is 0 Å². The number of benzene rings is 2. The van der Waals surface area contributed by atoms with Gasteiger partial charge in [0.1, 0.15) is 18.9 Å². The number of hydrogen-bond acceptors (Lipinski definition) is 4. The lowest BCUT2D eigenvalue weighted by atomic mass is 9.98. The highest BCUT2D eigenvalue weighted by atomic mass is 16.5. The highest BCUT2D eigenvalue weighted by Crippen LogP contribution is 2.28. The third-order valence-corrected chi connectivity index (χ3v) is 4.09. The van der Waals surface area contributed by atoms with Gasteiger partial charge in [0.25, 0.3) is 5.91 Å². The second kappa shape index (κ2) is 10.2. The number of carbonyl (C=O) groups is 2. The van der Waals surface area contributed by atoms with Gasteiger partial charge in [0, 0.05) is 0 Å². The van der Waals surface area contributed by atoms with Crippen molar-refractivity contribution in [1.82, 2.24) is 5.32 Å². The van der Waals surface area contributed by atoms with E-state index in [4.69, 9.17) is 9.47 Å². The van der Waals surface area contributed by atoms with Gasteiger partial charge in [-0.25, -0.2) is 0 Å². The van der Waals surface area contributed by atoms with Gasteiger partial charge in [-0.1, -0.05) is 62.4 Å². The van der Waals surface area contributed by atoms with Crippen LogP contribution in [0.2, 0.25) is 0 Å². The Bertz CT molecular complexity index is 715. The number of ether oxygens (including phenoxy) is 2. The summed E-state index contributed by atoms with van der Waals surface area (Å²) in [5.41, 5.74) is 1.97. The quantitative estimate of drug-likeness (QED) is 0.700. The maximum atomic E-state index is 11.9. The Morgan fingerprint density at radius 2 is 1.73 bits per heavy atom. The lowest BCUT2D eigenvalue weighted by molar-refractivity contribution is -0.145. The average Bonchev–Trinajstić information content (AvgIpc) is 2.69. The molecule has 0 aliphatic carbocycles. The van der Waals surface area contributed by atoms with Gasteiger partial charge in [-0.05, 0) is 29.5 Å². The molecule has 0 aromatic heterocycles. The second-order valence-corrected chi connectivity index (χ2v) is 6.06. The van der Waals surface area contributed by atoms with Crippen LogP contribution >= 0.6 is 0 Å². The molecular weight excluding hydrogens is 330 g/mol. The molecule has 138 valence electrons. The summed E-state index contributed by atoms with van der Waals surface area (Å²) in [7, 11) is 0. The van der Waals surface area contributed by atoms with Crippen molar-refractivity contribution in [3.63, 3.8) is 0 Å². The molecule has 0 saturated carbocycles. The van der Waals surface area contributed by atoms with Crippen molar-refractivity contribution < 1.29 is 19.1 Å². The number of rotatable bonds is 9. The minimum absolute atomic E-state index is 0.139. The zero-order valence-electron chi connectivity index (χ0n) is 15.2. The van der Waals surface area contributed by atoms with Gasteiger partial charge in [-0.15, -0.1) is 0 Å². The van der Waals surface area contributed by atoms with Crippen LogP contribution in [0, 0.1) is 0 Å². The normalized spacial score (nSPS) is 11.5. The van der Waals surface area contributed by atoms with Crippen LogP contribution in [-0.2, 0) is 20.9 Å². The molecule has 1 atom stereocenters. The second-order valence-electron chi connectivity index (χ2n) is 6.06. The van der Waals surface area contributed by atoms with Gasteiger partial charge in [-0.3, -0.25) is 9.59 Å². The lowest BCUT2D eigenvalue weighted by Gasteiger charge is -2.15. The Kier molecular flexibility index (Phi) is 7.68. The Labute approximate surface area is 154 Å². The predicted molar refractivity (Wildman–Crippen MR) is 99.9 cm³/mol. The van der Waals surface area contributed by atoms with E-state index in [1.54, 1.807) is 0 Å². The van der Waals surface area contributed by atoms with E-state index in [1.165, 1.54) is 0 Å². The Morgan fingerprint density at radius 3 is 2.46 bits per heavy atom. The molecule has 5 nitrogen and oxygen atoms in total. The van der Waals surface area contributed by atoms with Crippen molar-refractivity contribution in [3.05, 3.63) is 65.7 Å². The van der Waals surface area contributed by atoms with Crippen molar-refractivity contribution in [2.45, 2.75) is 32.8 Å². The van der Waals surface area contributed by atoms with Crippen molar-refractivity contribution in [3.8, 4) is 5.75 Å².